The van der Waals surface area contributed by atoms with E-state index in [0.29, 0.717) is 6.42 Å². The van der Waals surface area contributed by atoms with Gasteiger partial charge >= 0.3 is 5.97 Å². The molecule has 3 heteroatoms. The number of carbonyl (C=O) groups is 1. The van der Waals surface area contributed by atoms with Crippen molar-refractivity contribution in [3.63, 3.8) is 0 Å². The molecular weight excluding hydrogens is 244 g/mol. The predicted octanol–water partition coefficient (Wildman–Crippen LogP) is 2.69. The molecule has 0 saturated heterocycles. The van der Waals surface area contributed by atoms with Crippen LogP contribution in [-0.4, -0.2) is 15.9 Å². The van der Waals surface area contributed by atoms with Crippen molar-refractivity contribution in [1.82, 2.24) is 0 Å². The van der Waals surface area contributed by atoms with Crippen LogP contribution in [0.4, 0.5) is 0 Å². The van der Waals surface area contributed by atoms with Crippen molar-refractivity contribution in [3.8, 4) is 0 Å². The number of hydrogen-bond acceptors (Lipinski definition) is 1. The molecule has 0 spiro atoms. The highest BCUT2D eigenvalue weighted by Crippen LogP contribution is 2.17. The smallest absolute Gasteiger partial charge is 0.317 e. The van der Waals surface area contributed by atoms with E-state index in [9.17, 15) is 4.79 Å². The van der Waals surface area contributed by atoms with Crippen LogP contribution in [0.2, 0.25) is 0 Å². The number of carboxylic acids is 1. The molecule has 0 radical (unpaired) electrons. The second-order valence-electron chi connectivity index (χ2n) is 3.37. The molecule has 1 aromatic rings. The summed E-state index contributed by atoms with van der Waals surface area (Å²) in [6, 6.07) is 5.96. The second-order valence-corrected chi connectivity index (χ2v) is 4.47. The van der Waals surface area contributed by atoms with Gasteiger partial charge in [-0.05, 0) is 37.0 Å². The van der Waals surface area contributed by atoms with Gasteiger partial charge in [0.25, 0.3) is 0 Å². The molecule has 1 unspecified atom stereocenters. The molecule has 14 heavy (non-hydrogen) atoms. The fourth-order valence-corrected chi connectivity index (χ4v) is 1.66. The van der Waals surface area contributed by atoms with Gasteiger partial charge in [-0.2, -0.15) is 0 Å². The summed E-state index contributed by atoms with van der Waals surface area (Å²) in [5.41, 5.74) is 3.47. The fourth-order valence-electron chi connectivity index (χ4n) is 1.31. The Morgan fingerprint density at radius 3 is 2.71 bits per heavy atom. The maximum absolute atomic E-state index is 10.7. The summed E-state index contributed by atoms with van der Waals surface area (Å²) in [5, 5.41) is 8.76. The Morgan fingerprint density at radius 2 is 2.14 bits per heavy atom. The molecule has 76 valence electrons. The predicted molar refractivity (Wildman–Crippen MR) is 60.0 cm³/mol. The molecule has 1 N–H and O–H groups in total. The topological polar surface area (TPSA) is 37.3 Å². The molecule has 2 nitrogen and oxygen atoms in total. The lowest BCUT2D eigenvalue weighted by Gasteiger charge is -2.09. The Morgan fingerprint density at radius 1 is 1.50 bits per heavy atom. The van der Waals surface area contributed by atoms with Crippen molar-refractivity contribution >= 4 is 21.9 Å². The third kappa shape index (κ3) is 2.58. The summed E-state index contributed by atoms with van der Waals surface area (Å²) < 4.78 is 0. The van der Waals surface area contributed by atoms with Crippen molar-refractivity contribution < 1.29 is 9.90 Å². The Labute approximate surface area is 92.1 Å². The first-order chi connectivity index (χ1) is 6.52. The summed E-state index contributed by atoms with van der Waals surface area (Å²) in [6.07, 6.45) is 0.531. The minimum Gasteiger partial charge on any atom is -0.480 e. The normalized spacial score (nSPS) is 12.5. The maximum Gasteiger partial charge on any atom is 0.317 e. The molecule has 0 aromatic heterocycles. The SMILES string of the molecule is Cc1cccc(CC(Br)C(=O)O)c1C. The summed E-state index contributed by atoms with van der Waals surface area (Å²) in [6.45, 7) is 4.05. The molecule has 1 rings (SSSR count). The number of rotatable bonds is 3. The van der Waals surface area contributed by atoms with Gasteiger partial charge in [0.05, 0.1) is 0 Å². The van der Waals surface area contributed by atoms with Crippen LogP contribution in [0.1, 0.15) is 16.7 Å². The Hall–Kier alpha value is -0.830. The number of aliphatic carboxylic acids is 1. The standard InChI is InChI=1S/C11H13BrO2/c1-7-4-3-5-9(8(7)2)6-10(12)11(13)14/h3-5,10H,6H2,1-2H3,(H,13,14). The van der Waals surface area contributed by atoms with Crippen LogP contribution in [0.25, 0.3) is 0 Å². The van der Waals surface area contributed by atoms with E-state index in [2.05, 4.69) is 15.9 Å². The van der Waals surface area contributed by atoms with Crippen LogP contribution >= 0.6 is 15.9 Å². The quantitative estimate of drug-likeness (QED) is 0.845. The van der Waals surface area contributed by atoms with Gasteiger partial charge in [-0.25, -0.2) is 0 Å². The number of hydrogen-bond donors (Lipinski definition) is 1. The van der Waals surface area contributed by atoms with Crippen LogP contribution in [0, 0.1) is 13.8 Å². The molecule has 0 bridgehead atoms. The molecular formula is C11H13BrO2. The summed E-state index contributed by atoms with van der Waals surface area (Å²) >= 11 is 3.14. The molecule has 0 aliphatic heterocycles. The first-order valence-corrected chi connectivity index (χ1v) is 5.36. The highest BCUT2D eigenvalue weighted by molar-refractivity contribution is 9.10. The van der Waals surface area contributed by atoms with Crippen molar-refractivity contribution in [3.05, 3.63) is 34.9 Å². The first-order valence-electron chi connectivity index (χ1n) is 4.44. The monoisotopic (exact) mass is 256 g/mol. The average molecular weight is 257 g/mol. The molecule has 0 heterocycles. The molecule has 0 saturated carbocycles. The van der Waals surface area contributed by atoms with Crippen molar-refractivity contribution in [2.45, 2.75) is 25.1 Å². The van der Waals surface area contributed by atoms with E-state index in [1.165, 1.54) is 11.1 Å². The van der Waals surface area contributed by atoms with Gasteiger partial charge in [0.2, 0.25) is 0 Å². The van der Waals surface area contributed by atoms with Crippen LogP contribution < -0.4 is 0 Å². The van der Waals surface area contributed by atoms with Gasteiger partial charge in [0.1, 0.15) is 4.83 Å². The zero-order valence-electron chi connectivity index (χ0n) is 8.25. The van der Waals surface area contributed by atoms with Crippen LogP contribution in [0.5, 0.6) is 0 Å². The lowest BCUT2D eigenvalue weighted by molar-refractivity contribution is -0.136. The van der Waals surface area contributed by atoms with Crippen molar-refractivity contribution in [1.29, 1.82) is 0 Å². The van der Waals surface area contributed by atoms with Gasteiger partial charge in [-0.3, -0.25) is 4.79 Å². The number of halogens is 1. The average Bonchev–Trinajstić information content (AvgIpc) is 2.12. The van der Waals surface area contributed by atoms with E-state index in [-0.39, 0.29) is 0 Å². The second kappa shape index (κ2) is 4.60. The third-order valence-electron chi connectivity index (χ3n) is 2.38. The molecule has 1 atom stereocenters. The van der Waals surface area contributed by atoms with Crippen LogP contribution in [-0.2, 0) is 11.2 Å². The molecule has 0 fully saturated rings. The Kier molecular flexibility index (Phi) is 3.69. The number of benzene rings is 1. The fraction of sp³-hybridized carbons (Fsp3) is 0.364. The van der Waals surface area contributed by atoms with Crippen LogP contribution in [0.15, 0.2) is 18.2 Å². The van der Waals surface area contributed by atoms with Gasteiger partial charge in [0, 0.05) is 0 Å². The highest BCUT2D eigenvalue weighted by atomic mass is 79.9. The molecule has 0 aliphatic carbocycles. The summed E-state index contributed by atoms with van der Waals surface area (Å²) in [5.74, 6) is -0.814. The van der Waals surface area contributed by atoms with E-state index in [1.54, 1.807) is 0 Å². The van der Waals surface area contributed by atoms with E-state index in [1.807, 2.05) is 32.0 Å². The summed E-state index contributed by atoms with van der Waals surface area (Å²) in [4.78, 5) is 10.2. The Bertz CT molecular complexity index is 347. The van der Waals surface area contributed by atoms with Gasteiger partial charge in [-0.15, -0.1) is 0 Å². The van der Waals surface area contributed by atoms with E-state index >= 15 is 0 Å². The van der Waals surface area contributed by atoms with E-state index < -0.39 is 10.8 Å². The van der Waals surface area contributed by atoms with Gasteiger partial charge in [0.15, 0.2) is 0 Å². The van der Waals surface area contributed by atoms with Gasteiger partial charge in [-0.1, -0.05) is 34.1 Å². The third-order valence-corrected chi connectivity index (χ3v) is 3.10. The Balaban J connectivity index is 2.87. The van der Waals surface area contributed by atoms with Crippen molar-refractivity contribution in [2.75, 3.05) is 0 Å². The van der Waals surface area contributed by atoms with E-state index in [0.717, 1.165) is 5.56 Å². The molecule has 1 aromatic carbocycles. The number of aryl methyl sites for hydroxylation is 1. The maximum atomic E-state index is 10.7. The first kappa shape index (κ1) is 11.2. The minimum atomic E-state index is -0.814. The summed E-state index contributed by atoms with van der Waals surface area (Å²) in [7, 11) is 0. The highest BCUT2D eigenvalue weighted by Gasteiger charge is 2.14. The van der Waals surface area contributed by atoms with Crippen molar-refractivity contribution in [2.24, 2.45) is 0 Å². The minimum absolute atomic E-state index is 0.497. The number of carboxylic acid groups (broad SMARTS) is 1. The van der Waals surface area contributed by atoms with Gasteiger partial charge < -0.3 is 5.11 Å². The largest absolute Gasteiger partial charge is 0.480 e. The molecule has 0 amide bonds. The number of alkyl halides is 1. The zero-order chi connectivity index (χ0) is 10.7. The van der Waals surface area contributed by atoms with E-state index in [4.69, 9.17) is 5.11 Å². The lowest BCUT2D eigenvalue weighted by atomic mass is 10.00. The van der Waals surface area contributed by atoms with Crippen LogP contribution in [0.3, 0.4) is 0 Å². The molecule has 0 aliphatic rings. The zero-order valence-corrected chi connectivity index (χ0v) is 9.84. The lowest BCUT2D eigenvalue weighted by Crippen LogP contribution is -2.16.